The molecule has 128 valence electrons. The number of aromatic nitrogens is 2. The number of carbonyl (C=O) groups is 1. The Kier molecular flexibility index (Phi) is 4.29. The number of aliphatic carboxylic acids is 1. The average Bonchev–Trinajstić information content (AvgIpc) is 3.13. The van der Waals surface area contributed by atoms with Crippen LogP contribution in [0.25, 0.3) is 5.69 Å². The first-order valence-corrected chi connectivity index (χ1v) is 7.85. The molecule has 0 amide bonds. The van der Waals surface area contributed by atoms with Gasteiger partial charge < -0.3 is 15.6 Å². The van der Waals surface area contributed by atoms with Crippen LogP contribution in [-0.4, -0.2) is 51.5 Å². The summed E-state index contributed by atoms with van der Waals surface area (Å²) >= 11 is 0. The Morgan fingerprint density at radius 3 is 2.71 bits per heavy atom. The Morgan fingerprint density at radius 2 is 2.12 bits per heavy atom. The molecule has 0 unspecified atom stereocenters. The number of hydrogen-bond acceptors (Lipinski definition) is 5. The molecule has 1 aromatic carbocycles. The third-order valence-corrected chi connectivity index (χ3v) is 4.63. The summed E-state index contributed by atoms with van der Waals surface area (Å²) in [5, 5.41) is 13.7. The van der Waals surface area contributed by atoms with Gasteiger partial charge in [-0.1, -0.05) is 0 Å². The third kappa shape index (κ3) is 3.00. The maximum Gasteiger partial charge on any atom is 0.325 e. The van der Waals surface area contributed by atoms with Crippen molar-refractivity contribution in [2.75, 3.05) is 20.2 Å². The second kappa shape index (κ2) is 6.26. The van der Waals surface area contributed by atoms with E-state index in [0.29, 0.717) is 26.1 Å². The first kappa shape index (κ1) is 16.5. The molecular weight excluding hydrogens is 308 g/mol. The van der Waals surface area contributed by atoms with Crippen LogP contribution >= 0.6 is 0 Å². The summed E-state index contributed by atoms with van der Waals surface area (Å²) in [6.45, 7) is 3.69. The molecule has 0 saturated carbocycles. The summed E-state index contributed by atoms with van der Waals surface area (Å²) in [4.78, 5) is 13.3. The van der Waals surface area contributed by atoms with Crippen molar-refractivity contribution in [1.82, 2.24) is 14.7 Å². The fraction of sp³-hybridized carbons (Fsp3) is 0.412. The molecule has 24 heavy (non-hydrogen) atoms. The minimum atomic E-state index is -1.14. The van der Waals surface area contributed by atoms with E-state index in [2.05, 4.69) is 10.00 Å². The predicted molar refractivity (Wildman–Crippen MR) is 89.3 cm³/mol. The number of nitrogens with two attached hydrogens (primary N) is 1. The smallest absolute Gasteiger partial charge is 0.325 e. The lowest BCUT2D eigenvalue weighted by Gasteiger charge is -2.19. The van der Waals surface area contributed by atoms with Gasteiger partial charge in [0.2, 0.25) is 0 Å². The Labute approximate surface area is 140 Å². The van der Waals surface area contributed by atoms with Crippen molar-refractivity contribution in [3.63, 3.8) is 0 Å². The van der Waals surface area contributed by atoms with E-state index in [1.165, 1.54) is 0 Å². The van der Waals surface area contributed by atoms with Gasteiger partial charge in [0.1, 0.15) is 11.3 Å². The molecule has 1 fully saturated rings. The lowest BCUT2D eigenvalue weighted by Crippen LogP contribution is -2.50. The molecule has 2 aromatic rings. The zero-order valence-electron chi connectivity index (χ0n) is 13.9. The number of rotatable bonds is 5. The highest BCUT2D eigenvalue weighted by molar-refractivity contribution is 5.79. The maximum absolute atomic E-state index is 11.3. The molecule has 0 spiro atoms. The van der Waals surface area contributed by atoms with Crippen molar-refractivity contribution in [1.29, 1.82) is 0 Å². The molecule has 3 N–H and O–H groups in total. The molecule has 0 aliphatic carbocycles. The SMILES string of the molecule is COc1ccc(-n2ncc(CN3CC[C@](N)(C(=O)O)C3)c2C)cc1. The summed E-state index contributed by atoms with van der Waals surface area (Å²) < 4.78 is 7.04. The normalized spacial score (nSPS) is 21.1. The molecule has 7 nitrogen and oxygen atoms in total. The van der Waals surface area contributed by atoms with Crippen molar-refractivity contribution in [3.05, 3.63) is 41.7 Å². The van der Waals surface area contributed by atoms with Gasteiger partial charge in [-0.05, 0) is 37.6 Å². The van der Waals surface area contributed by atoms with Crippen LogP contribution in [0.15, 0.2) is 30.5 Å². The van der Waals surface area contributed by atoms with E-state index >= 15 is 0 Å². The van der Waals surface area contributed by atoms with Crippen LogP contribution in [-0.2, 0) is 11.3 Å². The summed E-state index contributed by atoms with van der Waals surface area (Å²) in [6, 6.07) is 7.69. The highest BCUT2D eigenvalue weighted by Crippen LogP contribution is 2.23. The maximum atomic E-state index is 11.3. The van der Waals surface area contributed by atoms with Crippen molar-refractivity contribution >= 4 is 5.97 Å². The van der Waals surface area contributed by atoms with Gasteiger partial charge in [0, 0.05) is 30.9 Å². The van der Waals surface area contributed by atoms with Gasteiger partial charge in [-0.15, -0.1) is 0 Å². The van der Waals surface area contributed by atoms with Crippen LogP contribution in [0.4, 0.5) is 0 Å². The molecule has 1 atom stereocenters. The summed E-state index contributed by atoms with van der Waals surface area (Å²) in [5.41, 5.74) is 7.85. The number of carboxylic acid groups (broad SMARTS) is 1. The molecule has 7 heteroatoms. The van der Waals surface area contributed by atoms with Crippen LogP contribution in [0.2, 0.25) is 0 Å². The Balaban J connectivity index is 1.75. The Hall–Kier alpha value is -2.38. The summed E-state index contributed by atoms with van der Waals surface area (Å²) in [6.07, 6.45) is 2.30. The molecule has 1 saturated heterocycles. The average molecular weight is 330 g/mol. The van der Waals surface area contributed by atoms with E-state index in [0.717, 1.165) is 22.7 Å². The van der Waals surface area contributed by atoms with Crippen molar-refractivity contribution in [2.24, 2.45) is 5.73 Å². The molecule has 0 bridgehead atoms. The lowest BCUT2D eigenvalue weighted by atomic mass is 10.0. The second-order valence-electron chi connectivity index (χ2n) is 6.29. The molecule has 0 radical (unpaired) electrons. The highest BCUT2D eigenvalue weighted by atomic mass is 16.5. The van der Waals surface area contributed by atoms with Gasteiger partial charge in [0.25, 0.3) is 0 Å². The van der Waals surface area contributed by atoms with Crippen molar-refractivity contribution in [3.8, 4) is 11.4 Å². The largest absolute Gasteiger partial charge is 0.497 e. The van der Waals surface area contributed by atoms with Crippen LogP contribution in [0.5, 0.6) is 5.75 Å². The van der Waals surface area contributed by atoms with Gasteiger partial charge >= 0.3 is 5.97 Å². The van der Waals surface area contributed by atoms with Gasteiger partial charge in [0.15, 0.2) is 0 Å². The number of likely N-dealkylation sites (tertiary alicyclic amines) is 1. The lowest BCUT2D eigenvalue weighted by molar-refractivity contribution is -0.142. The van der Waals surface area contributed by atoms with E-state index in [1.54, 1.807) is 7.11 Å². The van der Waals surface area contributed by atoms with Crippen LogP contribution in [0.1, 0.15) is 17.7 Å². The van der Waals surface area contributed by atoms with Crippen molar-refractivity contribution in [2.45, 2.75) is 25.4 Å². The van der Waals surface area contributed by atoms with E-state index < -0.39 is 11.5 Å². The fourth-order valence-electron chi connectivity index (χ4n) is 3.05. The summed E-state index contributed by atoms with van der Waals surface area (Å²) in [5.74, 6) is -0.135. The van der Waals surface area contributed by atoms with E-state index in [4.69, 9.17) is 10.5 Å². The van der Waals surface area contributed by atoms with Crippen molar-refractivity contribution < 1.29 is 14.6 Å². The van der Waals surface area contributed by atoms with Gasteiger partial charge in [0.05, 0.1) is 19.0 Å². The monoisotopic (exact) mass is 330 g/mol. The van der Waals surface area contributed by atoms with Crippen LogP contribution < -0.4 is 10.5 Å². The van der Waals surface area contributed by atoms with Crippen LogP contribution in [0, 0.1) is 6.92 Å². The van der Waals surface area contributed by atoms with Gasteiger partial charge in [-0.2, -0.15) is 5.10 Å². The predicted octanol–water partition coefficient (Wildman–Crippen LogP) is 1.18. The highest BCUT2D eigenvalue weighted by Gasteiger charge is 2.41. The topological polar surface area (TPSA) is 93.6 Å². The second-order valence-corrected chi connectivity index (χ2v) is 6.29. The number of nitrogens with zero attached hydrogens (tertiary/aromatic N) is 3. The van der Waals surface area contributed by atoms with E-state index in [9.17, 15) is 9.90 Å². The molecule has 2 heterocycles. The molecule has 3 rings (SSSR count). The number of hydrogen-bond donors (Lipinski definition) is 2. The van der Waals surface area contributed by atoms with E-state index in [1.807, 2.05) is 42.1 Å². The first-order valence-electron chi connectivity index (χ1n) is 7.85. The van der Waals surface area contributed by atoms with Crippen LogP contribution in [0.3, 0.4) is 0 Å². The molecule has 1 aromatic heterocycles. The Bertz CT molecular complexity index is 741. The fourth-order valence-corrected chi connectivity index (χ4v) is 3.05. The zero-order valence-corrected chi connectivity index (χ0v) is 13.9. The number of ether oxygens (including phenoxy) is 1. The molecule has 1 aliphatic heterocycles. The number of carboxylic acids is 1. The zero-order chi connectivity index (χ0) is 17.3. The molecule has 1 aliphatic rings. The van der Waals surface area contributed by atoms with Gasteiger partial charge in [-0.25, -0.2) is 4.68 Å². The minimum absolute atomic E-state index is 0.357. The standard InChI is InChI=1S/C17H22N4O3/c1-12-13(10-20-8-7-17(18,11-20)16(22)23)9-19-21(12)14-3-5-15(24-2)6-4-14/h3-6,9H,7-8,10-11,18H2,1-2H3,(H,22,23)/t17-/m1/s1. The number of methoxy groups -OCH3 is 1. The molecular formula is C17H22N4O3. The number of benzene rings is 1. The minimum Gasteiger partial charge on any atom is -0.497 e. The van der Waals surface area contributed by atoms with E-state index in [-0.39, 0.29) is 0 Å². The van der Waals surface area contributed by atoms with Gasteiger partial charge in [-0.3, -0.25) is 9.69 Å². The first-order chi connectivity index (χ1) is 11.4. The quantitative estimate of drug-likeness (QED) is 0.855. The Morgan fingerprint density at radius 1 is 1.42 bits per heavy atom. The third-order valence-electron chi connectivity index (χ3n) is 4.63. The summed E-state index contributed by atoms with van der Waals surface area (Å²) in [7, 11) is 1.64.